The van der Waals surface area contributed by atoms with E-state index in [-0.39, 0.29) is 6.04 Å². The molecular weight excluding hydrogens is 252 g/mol. The molecule has 0 fully saturated rings. The Balaban J connectivity index is 2.57. The highest BCUT2D eigenvalue weighted by molar-refractivity contribution is 5.79. The highest BCUT2D eigenvalue weighted by Crippen LogP contribution is 2.17. The average Bonchev–Trinajstić information content (AvgIpc) is 2.94. The Hall–Kier alpha value is -1.49. The Bertz CT molecular complexity index is 387. The van der Waals surface area contributed by atoms with Gasteiger partial charge in [-0.2, -0.15) is 0 Å². The first-order valence-electron chi connectivity index (χ1n) is 7.21. The fraction of sp³-hybridized carbons (Fsp3) is 0.667. The number of guanidine groups is 1. The van der Waals surface area contributed by atoms with E-state index in [0.717, 1.165) is 24.8 Å². The van der Waals surface area contributed by atoms with Gasteiger partial charge in [-0.15, -0.1) is 0 Å². The van der Waals surface area contributed by atoms with Crippen molar-refractivity contribution in [3.05, 3.63) is 24.2 Å². The van der Waals surface area contributed by atoms with Gasteiger partial charge in [0.15, 0.2) is 5.96 Å². The van der Waals surface area contributed by atoms with E-state index >= 15 is 0 Å². The molecule has 114 valence electrons. The third-order valence-corrected chi connectivity index (χ3v) is 3.37. The number of rotatable bonds is 7. The van der Waals surface area contributed by atoms with Gasteiger partial charge in [-0.1, -0.05) is 13.3 Å². The van der Waals surface area contributed by atoms with Gasteiger partial charge in [0.1, 0.15) is 5.76 Å². The summed E-state index contributed by atoms with van der Waals surface area (Å²) in [6.45, 7) is 3.98. The van der Waals surface area contributed by atoms with Crippen molar-refractivity contribution >= 4 is 5.96 Å². The maximum absolute atomic E-state index is 5.51. The van der Waals surface area contributed by atoms with Crippen LogP contribution in [0.5, 0.6) is 0 Å². The Kier molecular flexibility index (Phi) is 7.15. The molecule has 1 atom stereocenters. The van der Waals surface area contributed by atoms with Crippen molar-refractivity contribution in [2.45, 2.75) is 25.8 Å². The zero-order valence-electron chi connectivity index (χ0n) is 13.4. The SMILES string of the molecule is CCCCN(C)C(=NC)NCC(c1ccco1)N(C)C. The van der Waals surface area contributed by atoms with E-state index in [9.17, 15) is 0 Å². The van der Waals surface area contributed by atoms with Crippen LogP contribution < -0.4 is 5.32 Å². The van der Waals surface area contributed by atoms with Crippen LogP contribution in [0.1, 0.15) is 31.6 Å². The van der Waals surface area contributed by atoms with Gasteiger partial charge >= 0.3 is 0 Å². The molecule has 1 aromatic rings. The molecule has 1 rings (SSSR count). The summed E-state index contributed by atoms with van der Waals surface area (Å²) in [6.07, 6.45) is 4.08. The highest BCUT2D eigenvalue weighted by atomic mass is 16.3. The highest BCUT2D eigenvalue weighted by Gasteiger charge is 2.17. The summed E-state index contributed by atoms with van der Waals surface area (Å²) in [5.41, 5.74) is 0. The third kappa shape index (κ3) is 4.89. The molecule has 0 spiro atoms. The first-order chi connectivity index (χ1) is 9.60. The molecule has 20 heavy (non-hydrogen) atoms. The lowest BCUT2D eigenvalue weighted by Gasteiger charge is -2.26. The number of hydrogen-bond donors (Lipinski definition) is 1. The number of furan rings is 1. The van der Waals surface area contributed by atoms with Crippen LogP contribution in [0.4, 0.5) is 0 Å². The van der Waals surface area contributed by atoms with E-state index in [1.54, 1.807) is 6.26 Å². The molecule has 1 heterocycles. The zero-order chi connectivity index (χ0) is 15.0. The van der Waals surface area contributed by atoms with Crippen LogP contribution in [0.15, 0.2) is 27.8 Å². The lowest BCUT2D eigenvalue weighted by atomic mass is 10.2. The van der Waals surface area contributed by atoms with Crippen molar-refractivity contribution < 1.29 is 4.42 Å². The summed E-state index contributed by atoms with van der Waals surface area (Å²) in [7, 11) is 8.00. The molecule has 0 aliphatic carbocycles. The predicted molar refractivity (Wildman–Crippen MR) is 84.0 cm³/mol. The fourth-order valence-electron chi connectivity index (χ4n) is 2.09. The van der Waals surface area contributed by atoms with Gasteiger partial charge in [0.2, 0.25) is 0 Å². The van der Waals surface area contributed by atoms with Crippen LogP contribution in [0.2, 0.25) is 0 Å². The molecule has 1 unspecified atom stereocenters. The molecule has 1 aromatic heterocycles. The lowest BCUT2D eigenvalue weighted by molar-refractivity contribution is 0.256. The van der Waals surface area contributed by atoms with Crippen LogP contribution in [0, 0.1) is 0 Å². The largest absolute Gasteiger partial charge is 0.468 e. The monoisotopic (exact) mass is 280 g/mol. The molecule has 0 saturated heterocycles. The van der Waals surface area contributed by atoms with Gasteiger partial charge < -0.3 is 14.6 Å². The van der Waals surface area contributed by atoms with Gasteiger partial charge in [-0.3, -0.25) is 9.89 Å². The van der Waals surface area contributed by atoms with Crippen molar-refractivity contribution in [3.8, 4) is 0 Å². The smallest absolute Gasteiger partial charge is 0.193 e. The molecule has 5 nitrogen and oxygen atoms in total. The van der Waals surface area contributed by atoms with Crippen molar-refractivity contribution in [3.63, 3.8) is 0 Å². The summed E-state index contributed by atoms with van der Waals surface area (Å²) in [5.74, 6) is 1.89. The van der Waals surface area contributed by atoms with Crippen LogP contribution in [-0.4, -0.2) is 57.0 Å². The number of hydrogen-bond acceptors (Lipinski definition) is 3. The average molecular weight is 280 g/mol. The molecule has 5 heteroatoms. The maximum Gasteiger partial charge on any atom is 0.193 e. The normalized spacial score (nSPS) is 13.6. The fourth-order valence-corrected chi connectivity index (χ4v) is 2.09. The minimum Gasteiger partial charge on any atom is -0.468 e. The summed E-state index contributed by atoms with van der Waals surface area (Å²) < 4.78 is 5.51. The Morgan fingerprint density at radius 1 is 1.40 bits per heavy atom. The minimum atomic E-state index is 0.196. The van der Waals surface area contributed by atoms with E-state index in [1.807, 2.05) is 19.2 Å². The molecule has 0 aliphatic rings. The summed E-state index contributed by atoms with van der Waals surface area (Å²) >= 11 is 0. The Labute approximate surface area is 122 Å². The number of nitrogens with zero attached hydrogens (tertiary/aromatic N) is 3. The first kappa shape index (κ1) is 16.6. The van der Waals surface area contributed by atoms with Gasteiger partial charge in [-0.25, -0.2) is 0 Å². The first-order valence-corrected chi connectivity index (χ1v) is 7.21. The van der Waals surface area contributed by atoms with Gasteiger partial charge in [0, 0.05) is 27.2 Å². The van der Waals surface area contributed by atoms with E-state index in [4.69, 9.17) is 4.42 Å². The van der Waals surface area contributed by atoms with Crippen LogP contribution in [-0.2, 0) is 0 Å². The van der Waals surface area contributed by atoms with Crippen molar-refractivity contribution in [2.24, 2.45) is 4.99 Å². The third-order valence-electron chi connectivity index (χ3n) is 3.37. The Morgan fingerprint density at radius 2 is 2.15 bits per heavy atom. The minimum absolute atomic E-state index is 0.196. The molecule has 0 radical (unpaired) electrons. The zero-order valence-corrected chi connectivity index (χ0v) is 13.4. The standard InChI is InChI=1S/C15H28N4O/c1-6-7-10-19(5)15(16-2)17-12-13(18(3)4)14-9-8-11-20-14/h8-9,11,13H,6-7,10,12H2,1-5H3,(H,16,17). The molecule has 0 saturated carbocycles. The summed E-state index contributed by atoms with van der Waals surface area (Å²) in [5, 5.41) is 3.42. The van der Waals surface area contributed by atoms with Crippen LogP contribution in [0.25, 0.3) is 0 Å². The van der Waals surface area contributed by atoms with Gasteiger partial charge in [0.05, 0.1) is 12.3 Å². The van der Waals surface area contributed by atoms with Gasteiger partial charge in [0.25, 0.3) is 0 Å². The second kappa shape index (κ2) is 8.64. The topological polar surface area (TPSA) is 44.0 Å². The van der Waals surface area contributed by atoms with Crippen molar-refractivity contribution in [1.29, 1.82) is 0 Å². The second-order valence-corrected chi connectivity index (χ2v) is 5.20. The summed E-state index contributed by atoms with van der Waals surface area (Å²) in [4.78, 5) is 8.64. The molecular formula is C15H28N4O. The molecule has 1 N–H and O–H groups in total. The second-order valence-electron chi connectivity index (χ2n) is 5.20. The van der Waals surface area contributed by atoms with Crippen LogP contribution in [0.3, 0.4) is 0 Å². The maximum atomic E-state index is 5.51. The molecule has 0 aliphatic heterocycles. The number of likely N-dealkylation sites (N-methyl/N-ethyl adjacent to an activating group) is 1. The van der Waals surface area contributed by atoms with Crippen LogP contribution >= 0.6 is 0 Å². The molecule has 0 bridgehead atoms. The Morgan fingerprint density at radius 3 is 2.65 bits per heavy atom. The number of nitrogens with one attached hydrogen (secondary N) is 1. The lowest BCUT2D eigenvalue weighted by Crippen LogP contribution is -2.43. The van der Waals surface area contributed by atoms with E-state index in [0.29, 0.717) is 0 Å². The van der Waals surface area contributed by atoms with Crippen molar-refractivity contribution in [2.75, 3.05) is 41.3 Å². The van der Waals surface area contributed by atoms with Gasteiger partial charge in [-0.05, 0) is 32.6 Å². The van der Waals surface area contributed by atoms with Crippen molar-refractivity contribution in [1.82, 2.24) is 15.1 Å². The predicted octanol–water partition coefficient (Wildman–Crippen LogP) is 2.19. The van der Waals surface area contributed by atoms with E-state index < -0.39 is 0 Å². The number of aliphatic imine (C=N–C) groups is 1. The van der Waals surface area contributed by atoms with E-state index in [2.05, 4.69) is 48.2 Å². The van der Waals surface area contributed by atoms with E-state index in [1.165, 1.54) is 12.8 Å². The quantitative estimate of drug-likeness (QED) is 0.614. The molecule has 0 aromatic carbocycles. The summed E-state index contributed by atoms with van der Waals surface area (Å²) in [6, 6.07) is 4.13. The molecule has 0 amide bonds. The number of unbranched alkanes of at least 4 members (excludes halogenated alkanes) is 1.